The van der Waals surface area contributed by atoms with Gasteiger partial charge in [-0.25, -0.2) is 0 Å². The Morgan fingerprint density at radius 2 is 1.83 bits per heavy atom. The molecular weight excluding hydrogens is 331 g/mol. The topological polar surface area (TPSA) is 33.3 Å². The molecule has 2 aromatic rings. The van der Waals surface area contributed by atoms with E-state index in [-0.39, 0.29) is 0 Å². The molecule has 5 heteroatoms. The van der Waals surface area contributed by atoms with Crippen molar-refractivity contribution in [2.75, 3.05) is 20.1 Å². The van der Waals surface area contributed by atoms with Crippen molar-refractivity contribution in [3.63, 3.8) is 0 Å². The molecule has 2 rings (SSSR count). The van der Waals surface area contributed by atoms with Crippen LogP contribution in [0.4, 0.5) is 0 Å². The lowest BCUT2D eigenvalue weighted by molar-refractivity contribution is 0.302. The molecule has 0 aliphatic heterocycles. The molecule has 2 aromatic carbocycles. The Bertz CT molecular complexity index is 620. The highest BCUT2D eigenvalue weighted by Crippen LogP contribution is 2.24. The molecular formula is C18H22Cl2N2O. The third kappa shape index (κ3) is 6.04. The summed E-state index contributed by atoms with van der Waals surface area (Å²) in [6.07, 6.45) is 1.10. The van der Waals surface area contributed by atoms with Crippen molar-refractivity contribution in [1.82, 2.24) is 10.6 Å². The zero-order chi connectivity index (χ0) is 16.5. The van der Waals surface area contributed by atoms with Gasteiger partial charge in [0, 0.05) is 12.1 Å². The molecule has 0 saturated carbocycles. The van der Waals surface area contributed by atoms with Gasteiger partial charge in [0.15, 0.2) is 0 Å². The fraction of sp³-hybridized carbons (Fsp3) is 0.333. The Morgan fingerprint density at radius 3 is 2.61 bits per heavy atom. The van der Waals surface area contributed by atoms with Crippen molar-refractivity contribution in [1.29, 1.82) is 0 Å². The van der Waals surface area contributed by atoms with Crippen LogP contribution >= 0.6 is 23.2 Å². The minimum atomic E-state index is 0.466. The second-order valence-electron chi connectivity index (χ2n) is 5.28. The van der Waals surface area contributed by atoms with Gasteiger partial charge in [0.2, 0.25) is 0 Å². The van der Waals surface area contributed by atoms with Crippen molar-refractivity contribution in [2.45, 2.75) is 19.6 Å². The van der Waals surface area contributed by atoms with Crippen molar-refractivity contribution in [3.8, 4) is 5.75 Å². The van der Waals surface area contributed by atoms with Gasteiger partial charge in [-0.15, -0.1) is 0 Å². The number of hydrogen-bond acceptors (Lipinski definition) is 3. The first-order chi connectivity index (χ1) is 11.2. The van der Waals surface area contributed by atoms with E-state index in [0.29, 0.717) is 16.7 Å². The highest BCUT2D eigenvalue weighted by Gasteiger charge is 2.05. The normalized spacial score (nSPS) is 10.7. The Labute approximate surface area is 147 Å². The van der Waals surface area contributed by atoms with E-state index in [1.807, 2.05) is 37.4 Å². The van der Waals surface area contributed by atoms with Gasteiger partial charge >= 0.3 is 0 Å². The van der Waals surface area contributed by atoms with Crippen LogP contribution in [0.25, 0.3) is 0 Å². The molecule has 2 N–H and O–H groups in total. The lowest BCUT2D eigenvalue weighted by Crippen LogP contribution is -2.19. The predicted molar refractivity (Wildman–Crippen MR) is 97.5 cm³/mol. The van der Waals surface area contributed by atoms with Gasteiger partial charge < -0.3 is 15.4 Å². The summed E-state index contributed by atoms with van der Waals surface area (Å²) in [6.45, 7) is 3.25. The summed E-state index contributed by atoms with van der Waals surface area (Å²) < 4.78 is 5.94. The first kappa shape index (κ1) is 18.1. The molecule has 0 aliphatic carbocycles. The molecule has 0 saturated heterocycles. The van der Waals surface area contributed by atoms with Gasteiger partial charge in [-0.2, -0.15) is 0 Å². The van der Waals surface area contributed by atoms with Crippen LogP contribution in [-0.4, -0.2) is 20.1 Å². The predicted octanol–water partition coefficient (Wildman–Crippen LogP) is 4.27. The monoisotopic (exact) mass is 352 g/mol. The molecule has 0 fully saturated rings. The average Bonchev–Trinajstić information content (AvgIpc) is 2.57. The van der Waals surface area contributed by atoms with Crippen molar-refractivity contribution >= 4 is 23.2 Å². The SMILES string of the molecule is CNCCCNCc1ccccc1OCc1ccc(Cl)c(Cl)c1. The maximum absolute atomic E-state index is 6.03. The minimum Gasteiger partial charge on any atom is -0.489 e. The molecule has 0 bridgehead atoms. The molecule has 0 aliphatic rings. The summed E-state index contributed by atoms with van der Waals surface area (Å²) in [5, 5.41) is 7.68. The lowest BCUT2D eigenvalue weighted by Gasteiger charge is -2.12. The van der Waals surface area contributed by atoms with Crippen LogP contribution in [0.1, 0.15) is 17.5 Å². The van der Waals surface area contributed by atoms with Gasteiger partial charge in [0.1, 0.15) is 12.4 Å². The first-order valence-electron chi connectivity index (χ1n) is 7.70. The molecule has 124 valence electrons. The van der Waals surface area contributed by atoms with E-state index in [4.69, 9.17) is 27.9 Å². The molecule has 0 heterocycles. The standard InChI is InChI=1S/C18H22Cl2N2O/c1-21-9-4-10-22-12-15-5-2-3-6-18(15)23-13-14-7-8-16(19)17(20)11-14/h2-3,5-8,11,21-22H,4,9-10,12-13H2,1H3. The highest BCUT2D eigenvalue weighted by atomic mass is 35.5. The number of ether oxygens (including phenoxy) is 1. The Hall–Kier alpha value is -1.26. The maximum atomic E-state index is 6.03. The smallest absolute Gasteiger partial charge is 0.124 e. The fourth-order valence-corrected chi connectivity index (χ4v) is 2.52. The van der Waals surface area contributed by atoms with Crippen LogP contribution in [0.2, 0.25) is 10.0 Å². The van der Waals surface area contributed by atoms with Crippen molar-refractivity contribution in [3.05, 3.63) is 63.6 Å². The number of nitrogens with one attached hydrogen (secondary N) is 2. The van der Waals surface area contributed by atoms with E-state index in [1.165, 1.54) is 0 Å². The van der Waals surface area contributed by atoms with Gasteiger partial charge in [-0.1, -0.05) is 47.5 Å². The van der Waals surface area contributed by atoms with Gasteiger partial charge in [-0.3, -0.25) is 0 Å². The van der Waals surface area contributed by atoms with Gasteiger partial charge in [-0.05, 0) is 50.3 Å². The quantitative estimate of drug-likeness (QED) is 0.661. The van der Waals surface area contributed by atoms with E-state index in [9.17, 15) is 0 Å². The molecule has 0 radical (unpaired) electrons. The number of para-hydroxylation sites is 1. The minimum absolute atomic E-state index is 0.466. The van der Waals surface area contributed by atoms with Crippen molar-refractivity contribution in [2.24, 2.45) is 0 Å². The van der Waals surface area contributed by atoms with Gasteiger partial charge in [0.05, 0.1) is 10.0 Å². The van der Waals surface area contributed by atoms with E-state index in [1.54, 1.807) is 6.07 Å². The van der Waals surface area contributed by atoms with Gasteiger partial charge in [0.25, 0.3) is 0 Å². The largest absolute Gasteiger partial charge is 0.489 e. The Kier molecular flexibility index (Phi) is 7.69. The zero-order valence-electron chi connectivity index (χ0n) is 13.2. The van der Waals surface area contributed by atoms with E-state index in [0.717, 1.165) is 42.9 Å². The molecule has 23 heavy (non-hydrogen) atoms. The summed E-state index contributed by atoms with van der Waals surface area (Å²) in [6, 6.07) is 13.6. The first-order valence-corrected chi connectivity index (χ1v) is 8.46. The van der Waals surface area contributed by atoms with Crippen LogP contribution in [0.15, 0.2) is 42.5 Å². The van der Waals surface area contributed by atoms with Crippen LogP contribution in [-0.2, 0) is 13.2 Å². The fourth-order valence-electron chi connectivity index (χ4n) is 2.19. The summed E-state index contributed by atoms with van der Waals surface area (Å²) in [5.74, 6) is 0.889. The number of rotatable bonds is 9. The number of halogens is 2. The third-order valence-electron chi connectivity index (χ3n) is 3.45. The Morgan fingerprint density at radius 1 is 1.00 bits per heavy atom. The molecule has 3 nitrogen and oxygen atoms in total. The molecule has 0 amide bonds. The van der Waals surface area contributed by atoms with Crippen LogP contribution in [0.3, 0.4) is 0 Å². The second kappa shape index (κ2) is 9.78. The van der Waals surface area contributed by atoms with Crippen molar-refractivity contribution < 1.29 is 4.74 Å². The van der Waals surface area contributed by atoms with Crippen LogP contribution < -0.4 is 15.4 Å². The zero-order valence-corrected chi connectivity index (χ0v) is 14.8. The van der Waals surface area contributed by atoms with Crippen LogP contribution in [0, 0.1) is 0 Å². The maximum Gasteiger partial charge on any atom is 0.124 e. The Balaban J connectivity index is 1.90. The van der Waals surface area contributed by atoms with E-state index >= 15 is 0 Å². The molecule has 0 unspecified atom stereocenters. The number of benzene rings is 2. The van der Waals surface area contributed by atoms with Crippen LogP contribution in [0.5, 0.6) is 5.75 Å². The molecule has 0 aromatic heterocycles. The number of hydrogen-bond donors (Lipinski definition) is 2. The second-order valence-corrected chi connectivity index (χ2v) is 6.09. The summed E-state index contributed by atoms with van der Waals surface area (Å²) in [5.41, 5.74) is 2.15. The average molecular weight is 353 g/mol. The summed E-state index contributed by atoms with van der Waals surface area (Å²) in [4.78, 5) is 0. The summed E-state index contributed by atoms with van der Waals surface area (Å²) in [7, 11) is 1.96. The van der Waals surface area contributed by atoms with E-state index < -0.39 is 0 Å². The molecule has 0 atom stereocenters. The lowest BCUT2D eigenvalue weighted by atomic mass is 10.2. The summed E-state index contributed by atoms with van der Waals surface area (Å²) >= 11 is 12.0. The highest BCUT2D eigenvalue weighted by molar-refractivity contribution is 6.42. The van der Waals surface area contributed by atoms with E-state index in [2.05, 4.69) is 16.7 Å². The third-order valence-corrected chi connectivity index (χ3v) is 4.19. The molecule has 0 spiro atoms.